The van der Waals surface area contributed by atoms with Crippen LogP contribution in [0.5, 0.6) is 0 Å². The lowest BCUT2D eigenvalue weighted by Crippen LogP contribution is -2.56. The van der Waals surface area contributed by atoms with Gasteiger partial charge in [0.2, 0.25) is 0 Å². The summed E-state index contributed by atoms with van der Waals surface area (Å²) in [5.74, 6) is 0. The van der Waals surface area contributed by atoms with Gasteiger partial charge in [-0.05, 0) is 20.8 Å². The highest BCUT2D eigenvalue weighted by atomic mass is 19.4. The molecule has 2 N–H and O–H groups in total. The maximum atomic E-state index is 12.6. The molecule has 0 aliphatic carbocycles. The predicted octanol–water partition coefficient (Wildman–Crippen LogP) is 1.54. The Bertz CT molecular complexity index is 241. The fourth-order valence-corrected chi connectivity index (χ4v) is 1.73. The number of hydrogen-bond acceptors (Lipinski definition) is 3. The van der Waals surface area contributed by atoms with E-state index in [1.165, 1.54) is 13.8 Å². The fraction of sp³-hybridized carbons (Fsp3) is 1.00. The standard InChI is InChI=1S/C8H14F3NO2/c1-6(2)5(13)4-7(3,12(6)14)8(9,10)11/h5,13-14H,4H2,1-3H3/t5-,7-/m0/s1. The highest BCUT2D eigenvalue weighted by molar-refractivity contribution is 5.07. The summed E-state index contributed by atoms with van der Waals surface area (Å²) in [7, 11) is 0. The minimum atomic E-state index is -4.56. The number of aliphatic hydroxyl groups excluding tert-OH is 1. The number of nitrogens with zero attached hydrogens (tertiary/aromatic N) is 1. The van der Waals surface area contributed by atoms with E-state index in [1.54, 1.807) is 0 Å². The molecule has 1 saturated heterocycles. The fourth-order valence-electron chi connectivity index (χ4n) is 1.73. The van der Waals surface area contributed by atoms with Gasteiger partial charge in [-0.1, -0.05) is 0 Å². The Hall–Kier alpha value is -0.330. The average molecular weight is 213 g/mol. The summed E-state index contributed by atoms with van der Waals surface area (Å²) in [4.78, 5) is 0. The molecule has 0 aromatic heterocycles. The average Bonchev–Trinajstić information content (AvgIpc) is 2.12. The van der Waals surface area contributed by atoms with Gasteiger partial charge in [-0.3, -0.25) is 0 Å². The second-order valence-corrected chi connectivity index (χ2v) is 4.46. The molecule has 84 valence electrons. The smallest absolute Gasteiger partial charge is 0.391 e. The Kier molecular flexibility index (Phi) is 2.38. The van der Waals surface area contributed by atoms with Gasteiger partial charge in [-0.25, -0.2) is 0 Å². The van der Waals surface area contributed by atoms with E-state index < -0.39 is 29.8 Å². The quantitative estimate of drug-likeness (QED) is 0.641. The third-order valence-electron chi connectivity index (χ3n) is 3.03. The highest BCUT2D eigenvalue weighted by Gasteiger charge is 2.65. The summed E-state index contributed by atoms with van der Waals surface area (Å²) in [6.07, 6.45) is -6.27. The van der Waals surface area contributed by atoms with E-state index in [-0.39, 0.29) is 5.06 Å². The van der Waals surface area contributed by atoms with Crippen molar-refractivity contribution in [3.8, 4) is 0 Å². The normalized spacial score (nSPS) is 39.0. The van der Waals surface area contributed by atoms with E-state index in [1.807, 2.05) is 0 Å². The van der Waals surface area contributed by atoms with Gasteiger partial charge >= 0.3 is 6.18 Å². The first-order chi connectivity index (χ1) is 6.03. The van der Waals surface area contributed by atoms with E-state index in [4.69, 9.17) is 0 Å². The van der Waals surface area contributed by atoms with E-state index in [2.05, 4.69) is 0 Å². The first-order valence-electron chi connectivity index (χ1n) is 4.27. The van der Waals surface area contributed by atoms with Crippen LogP contribution in [0.4, 0.5) is 13.2 Å². The zero-order chi connectivity index (χ0) is 11.4. The molecule has 1 rings (SSSR count). The van der Waals surface area contributed by atoms with Crippen LogP contribution in [0.2, 0.25) is 0 Å². The van der Waals surface area contributed by atoms with Crippen LogP contribution in [0, 0.1) is 0 Å². The summed E-state index contributed by atoms with van der Waals surface area (Å²) >= 11 is 0. The molecular weight excluding hydrogens is 199 g/mol. The number of halogens is 3. The van der Waals surface area contributed by atoms with Gasteiger partial charge in [0.05, 0.1) is 11.6 Å². The maximum absolute atomic E-state index is 12.6. The van der Waals surface area contributed by atoms with Crippen molar-refractivity contribution in [2.24, 2.45) is 0 Å². The van der Waals surface area contributed by atoms with Crippen molar-refractivity contribution in [3.05, 3.63) is 0 Å². The lowest BCUT2D eigenvalue weighted by Gasteiger charge is -2.37. The van der Waals surface area contributed by atoms with E-state index >= 15 is 0 Å². The van der Waals surface area contributed by atoms with Gasteiger partial charge in [0.15, 0.2) is 0 Å². The number of aliphatic hydroxyl groups is 1. The van der Waals surface area contributed by atoms with Crippen LogP contribution in [0.15, 0.2) is 0 Å². The zero-order valence-electron chi connectivity index (χ0n) is 8.26. The molecule has 1 aliphatic heterocycles. The topological polar surface area (TPSA) is 43.7 Å². The largest absolute Gasteiger partial charge is 0.408 e. The first-order valence-corrected chi connectivity index (χ1v) is 4.27. The maximum Gasteiger partial charge on any atom is 0.408 e. The Balaban J connectivity index is 3.08. The molecule has 0 unspecified atom stereocenters. The molecule has 0 radical (unpaired) electrons. The summed E-state index contributed by atoms with van der Waals surface area (Å²) in [6, 6.07) is 0. The molecule has 0 spiro atoms. The van der Waals surface area contributed by atoms with Crippen molar-refractivity contribution in [1.29, 1.82) is 0 Å². The molecule has 3 nitrogen and oxygen atoms in total. The molecule has 0 bridgehead atoms. The van der Waals surface area contributed by atoms with Crippen LogP contribution in [-0.2, 0) is 0 Å². The molecule has 0 amide bonds. The van der Waals surface area contributed by atoms with Gasteiger partial charge in [0, 0.05) is 6.42 Å². The molecule has 1 heterocycles. The molecule has 6 heteroatoms. The molecule has 2 atom stereocenters. The molecule has 0 aromatic carbocycles. The minimum Gasteiger partial charge on any atom is -0.391 e. The van der Waals surface area contributed by atoms with Gasteiger partial charge in [-0.2, -0.15) is 18.2 Å². The van der Waals surface area contributed by atoms with Crippen molar-refractivity contribution < 1.29 is 23.5 Å². The SMILES string of the molecule is CC1(C)[C@@H](O)C[C@@](C)(C(F)(F)F)N1O. The van der Waals surface area contributed by atoms with Gasteiger partial charge in [-0.15, -0.1) is 0 Å². The van der Waals surface area contributed by atoms with Crippen LogP contribution >= 0.6 is 0 Å². The lowest BCUT2D eigenvalue weighted by atomic mass is 9.96. The summed E-state index contributed by atoms with van der Waals surface area (Å²) in [5, 5.41) is 19.1. The van der Waals surface area contributed by atoms with Crippen LogP contribution in [0.3, 0.4) is 0 Å². The summed E-state index contributed by atoms with van der Waals surface area (Å²) in [5.41, 5.74) is -3.64. The Morgan fingerprint density at radius 1 is 1.29 bits per heavy atom. The summed E-state index contributed by atoms with van der Waals surface area (Å²) < 4.78 is 37.8. The molecule has 1 aliphatic rings. The molecule has 0 saturated carbocycles. The Morgan fingerprint density at radius 3 is 1.86 bits per heavy atom. The Morgan fingerprint density at radius 2 is 1.71 bits per heavy atom. The molecule has 0 aromatic rings. The molecular formula is C8H14F3NO2. The third kappa shape index (κ3) is 1.32. The van der Waals surface area contributed by atoms with Crippen molar-refractivity contribution in [2.75, 3.05) is 0 Å². The first kappa shape index (κ1) is 11.7. The number of alkyl halides is 3. The monoisotopic (exact) mass is 213 g/mol. The minimum absolute atomic E-state index is 0.213. The van der Waals surface area contributed by atoms with Crippen molar-refractivity contribution in [3.63, 3.8) is 0 Å². The zero-order valence-corrected chi connectivity index (χ0v) is 8.26. The van der Waals surface area contributed by atoms with E-state index in [0.717, 1.165) is 6.92 Å². The number of hydrogen-bond donors (Lipinski definition) is 2. The summed E-state index contributed by atoms with van der Waals surface area (Å²) in [6.45, 7) is 3.62. The Labute approximate surface area is 80.1 Å². The van der Waals surface area contributed by atoms with Gasteiger partial charge < -0.3 is 10.3 Å². The second kappa shape index (κ2) is 2.84. The third-order valence-corrected chi connectivity index (χ3v) is 3.03. The van der Waals surface area contributed by atoms with E-state index in [9.17, 15) is 23.5 Å². The van der Waals surface area contributed by atoms with Crippen LogP contribution < -0.4 is 0 Å². The van der Waals surface area contributed by atoms with E-state index in [0.29, 0.717) is 0 Å². The van der Waals surface area contributed by atoms with Crippen molar-refractivity contribution in [1.82, 2.24) is 5.06 Å². The van der Waals surface area contributed by atoms with Crippen LogP contribution in [-0.4, -0.2) is 38.7 Å². The highest BCUT2D eigenvalue weighted by Crippen LogP contribution is 2.48. The van der Waals surface area contributed by atoms with Crippen LogP contribution in [0.1, 0.15) is 27.2 Å². The number of hydroxylamine groups is 2. The number of rotatable bonds is 0. The predicted molar refractivity (Wildman–Crippen MR) is 42.8 cm³/mol. The lowest BCUT2D eigenvalue weighted by molar-refractivity contribution is -0.304. The van der Waals surface area contributed by atoms with Crippen LogP contribution in [0.25, 0.3) is 0 Å². The van der Waals surface area contributed by atoms with Gasteiger partial charge in [0.25, 0.3) is 0 Å². The van der Waals surface area contributed by atoms with Crippen molar-refractivity contribution in [2.45, 2.75) is 50.6 Å². The van der Waals surface area contributed by atoms with Crippen molar-refractivity contribution >= 4 is 0 Å². The van der Waals surface area contributed by atoms with Gasteiger partial charge in [0.1, 0.15) is 5.54 Å². The second-order valence-electron chi connectivity index (χ2n) is 4.46. The molecule has 1 fully saturated rings. The molecule has 14 heavy (non-hydrogen) atoms.